The summed E-state index contributed by atoms with van der Waals surface area (Å²) in [5.74, 6) is -0.131. The Hall–Kier alpha value is -1.82. The van der Waals surface area contributed by atoms with Gasteiger partial charge in [0.1, 0.15) is 0 Å². The molecule has 0 N–H and O–H groups in total. The Kier molecular flexibility index (Phi) is 3.72. The average molecular weight is 325 g/mol. The zero-order valence-electron chi connectivity index (χ0n) is 11.9. The van der Waals surface area contributed by atoms with E-state index in [0.29, 0.717) is 35.5 Å². The number of amides is 1. The highest BCUT2D eigenvalue weighted by atomic mass is 32.1. The third kappa shape index (κ3) is 2.63. The van der Waals surface area contributed by atoms with Crippen molar-refractivity contribution >= 4 is 22.9 Å². The van der Waals surface area contributed by atoms with E-state index in [9.17, 15) is 18.0 Å². The number of carbonyl (C=O) groups excluding carboxylic acids is 1. The van der Waals surface area contributed by atoms with Gasteiger partial charge in [0, 0.05) is 12.2 Å². The van der Waals surface area contributed by atoms with Crippen molar-refractivity contribution in [1.82, 2.24) is 0 Å². The summed E-state index contributed by atoms with van der Waals surface area (Å²) in [6, 6.07) is 5.50. The molecule has 0 aliphatic carbocycles. The number of anilines is 1. The molecule has 0 atom stereocenters. The predicted octanol–water partition coefficient (Wildman–Crippen LogP) is 4.67. The Morgan fingerprint density at radius 1 is 1.27 bits per heavy atom. The van der Waals surface area contributed by atoms with Crippen LogP contribution >= 0.6 is 11.3 Å². The number of alkyl halides is 3. The fraction of sp³-hybridized carbons (Fsp3) is 0.312. The van der Waals surface area contributed by atoms with Gasteiger partial charge in [0.2, 0.25) is 0 Å². The van der Waals surface area contributed by atoms with Crippen LogP contribution in [-0.4, -0.2) is 12.5 Å². The molecule has 2 aromatic rings. The number of fused-ring (bicyclic) bond motifs is 1. The number of halogens is 3. The van der Waals surface area contributed by atoms with Crippen LogP contribution in [0.15, 0.2) is 29.6 Å². The van der Waals surface area contributed by atoms with E-state index in [1.54, 1.807) is 4.90 Å². The summed E-state index contributed by atoms with van der Waals surface area (Å²) >= 11 is 1.36. The second-order valence-electron chi connectivity index (χ2n) is 5.33. The topological polar surface area (TPSA) is 20.3 Å². The second-order valence-corrected chi connectivity index (χ2v) is 6.25. The van der Waals surface area contributed by atoms with Crippen LogP contribution in [-0.2, 0) is 12.6 Å². The molecule has 22 heavy (non-hydrogen) atoms. The van der Waals surface area contributed by atoms with Crippen molar-refractivity contribution < 1.29 is 18.0 Å². The summed E-state index contributed by atoms with van der Waals surface area (Å²) in [5, 5.41) is 1.85. The Balaban J connectivity index is 1.98. The van der Waals surface area contributed by atoms with E-state index in [4.69, 9.17) is 0 Å². The van der Waals surface area contributed by atoms with Gasteiger partial charge in [0.15, 0.2) is 0 Å². The van der Waals surface area contributed by atoms with Crippen molar-refractivity contribution in [3.05, 3.63) is 51.2 Å². The molecule has 0 saturated heterocycles. The minimum atomic E-state index is -4.36. The number of carbonyl (C=O) groups is 1. The van der Waals surface area contributed by atoms with E-state index < -0.39 is 11.7 Å². The molecular weight excluding hydrogens is 311 g/mol. The number of nitrogens with zero attached hydrogens (tertiary/aromatic N) is 1. The summed E-state index contributed by atoms with van der Waals surface area (Å²) < 4.78 is 38.4. The molecule has 1 amide bonds. The molecule has 0 spiro atoms. The summed E-state index contributed by atoms with van der Waals surface area (Å²) in [6.07, 6.45) is -3.12. The Bertz CT molecular complexity index is 720. The van der Waals surface area contributed by atoms with Crippen molar-refractivity contribution in [2.24, 2.45) is 0 Å². The quantitative estimate of drug-likeness (QED) is 0.746. The van der Waals surface area contributed by atoms with Crippen LogP contribution in [0.1, 0.15) is 32.8 Å². The van der Waals surface area contributed by atoms with Gasteiger partial charge in [-0.1, -0.05) is 0 Å². The van der Waals surface area contributed by atoms with Crippen molar-refractivity contribution in [2.45, 2.75) is 25.9 Å². The van der Waals surface area contributed by atoms with Crippen LogP contribution in [0.5, 0.6) is 0 Å². The highest BCUT2D eigenvalue weighted by Crippen LogP contribution is 2.36. The molecular formula is C16H14F3NOS. The molecule has 0 unspecified atom stereocenters. The molecule has 3 rings (SSSR count). The normalized spacial score (nSPS) is 14.8. The Morgan fingerprint density at radius 2 is 2.05 bits per heavy atom. The summed E-state index contributed by atoms with van der Waals surface area (Å²) in [7, 11) is 0. The maximum absolute atomic E-state index is 12.8. The van der Waals surface area contributed by atoms with Crippen molar-refractivity contribution in [3.8, 4) is 0 Å². The zero-order chi connectivity index (χ0) is 15.9. The van der Waals surface area contributed by atoms with Crippen LogP contribution in [0, 0.1) is 6.92 Å². The number of hydrogen-bond acceptors (Lipinski definition) is 2. The number of aryl methyl sites for hydroxylation is 2. The number of thiophene rings is 1. The SMILES string of the molecule is Cc1ccsc1C(=O)N1CCCc2cc(C(F)(F)F)ccc21. The number of rotatable bonds is 1. The molecule has 6 heteroatoms. The lowest BCUT2D eigenvalue weighted by Gasteiger charge is -2.30. The smallest absolute Gasteiger partial charge is 0.307 e. The molecule has 116 valence electrons. The van der Waals surface area contributed by atoms with Crippen LogP contribution < -0.4 is 4.90 Å². The third-order valence-electron chi connectivity index (χ3n) is 3.83. The molecule has 0 bridgehead atoms. The molecule has 0 saturated carbocycles. The fourth-order valence-corrected chi connectivity index (χ4v) is 3.57. The van der Waals surface area contributed by atoms with Gasteiger partial charge in [-0.2, -0.15) is 13.2 Å². The van der Waals surface area contributed by atoms with Gasteiger partial charge in [-0.05, 0) is 60.5 Å². The van der Waals surface area contributed by atoms with Gasteiger partial charge < -0.3 is 4.90 Å². The predicted molar refractivity (Wildman–Crippen MR) is 80.5 cm³/mol. The highest BCUT2D eigenvalue weighted by Gasteiger charge is 2.33. The van der Waals surface area contributed by atoms with Gasteiger partial charge in [0.05, 0.1) is 10.4 Å². The lowest BCUT2D eigenvalue weighted by atomic mass is 9.98. The largest absolute Gasteiger partial charge is 0.416 e. The van der Waals surface area contributed by atoms with Gasteiger partial charge in [-0.3, -0.25) is 4.79 Å². The zero-order valence-corrected chi connectivity index (χ0v) is 12.7. The van der Waals surface area contributed by atoms with Crippen molar-refractivity contribution in [3.63, 3.8) is 0 Å². The van der Waals surface area contributed by atoms with Crippen LogP contribution in [0.2, 0.25) is 0 Å². The Labute approximate surface area is 130 Å². The van der Waals surface area contributed by atoms with E-state index in [-0.39, 0.29) is 5.91 Å². The van der Waals surface area contributed by atoms with Gasteiger partial charge in [0.25, 0.3) is 5.91 Å². The van der Waals surface area contributed by atoms with E-state index in [0.717, 1.165) is 17.7 Å². The number of hydrogen-bond donors (Lipinski definition) is 0. The average Bonchev–Trinajstić information content (AvgIpc) is 2.90. The molecule has 0 fully saturated rings. The number of benzene rings is 1. The first-order valence-corrected chi connectivity index (χ1v) is 7.82. The molecule has 1 aliphatic rings. The monoisotopic (exact) mass is 325 g/mol. The maximum Gasteiger partial charge on any atom is 0.416 e. The first kappa shape index (κ1) is 15.1. The van der Waals surface area contributed by atoms with Crippen LogP contribution in [0.25, 0.3) is 0 Å². The Morgan fingerprint density at radius 3 is 2.68 bits per heavy atom. The van der Waals surface area contributed by atoms with Crippen molar-refractivity contribution in [1.29, 1.82) is 0 Å². The standard InChI is InChI=1S/C16H14F3NOS/c1-10-6-8-22-14(10)15(21)20-7-2-3-11-9-12(16(17,18)19)4-5-13(11)20/h4-6,8-9H,2-3,7H2,1H3. The first-order chi connectivity index (χ1) is 10.4. The van der Waals surface area contributed by atoms with Crippen LogP contribution in [0.4, 0.5) is 18.9 Å². The fourth-order valence-electron chi connectivity index (χ4n) is 2.70. The van der Waals surface area contributed by atoms with Gasteiger partial charge in [-0.15, -0.1) is 11.3 Å². The minimum absolute atomic E-state index is 0.131. The molecule has 1 aromatic heterocycles. The maximum atomic E-state index is 12.8. The van der Waals surface area contributed by atoms with Crippen LogP contribution in [0.3, 0.4) is 0 Å². The van der Waals surface area contributed by atoms with E-state index in [1.807, 2.05) is 18.4 Å². The van der Waals surface area contributed by atoms with E-state index >= 15 is 0 Å². The molecule has 1 aromatic carbocycles. The molecule has 1 aliphatic heterocycles. The lowest BCUT2D eigenvalue weighted by molar-refractivity contribution is -0.137. The minimum Gasteiger partial charge on any atom is -0.307 e. The molecule has 0 radical (unpaired) electrons. The summed E-state index contributed by atoms with van der Waals surface area (Å²) in [5.41, 5.74) is 1.42. The first-order valence-electron chi connectivity index (χ1n) is 6.94. The van der Waals surface area contributed by atoms with Gasteiger partial charge in [-0.25, -0.2) is 0 Å². The second kappa shape index (κ2) is 5.43. The van der Waals surface area contributed by atoms with E-state index in [1.165, 1.54) is 17.4 Å². The highest BCUT2D eigenvalue weighted by molar-refractivity contribution is 7.12. The van der Waals surface area contributed by atoms with Gasteiger partial charge >= 0.3 is 6.18 Å². The third-order valence-corrected chi connectivity index (χ3v) is 4.83. The molecule has 2 heterocycles. The molecule has 2 nitrogen and oxygen atoms in total. The van der Waals surface area contributed by atoms with Crippen molar-refractivity contribution in [2.75, 3.05) is 11.4 Å². The van der Waals surface area contributed by atoms with E-state index in [2.05, 4.69) is 0 Å². The summed E-state index contributed by atoms with van der Waals surface area (Å²) in [6.45, 7) is 2.40. The lowest BCUT2D eigenvalue weighted by Crippen LogP contribution is -2.35. The summed E-state index contributed by atoms with van der Waals surface area (Å²) in [4.78, 5) is 14.9.